The van der Waals surface area contributed by atoms with Crippen LogP contribution in [0.2, 0.25) is 5.02 Å². The van der Waals surface area contributed by atoms with Crippen molar-refractivity contribution in [2.45, 2.75) is 38.9 Å². The molecule has 8 heteroatoms. The highest BCUT2D eigenvalue weighted by molar-refractivity contribution is 6.30. The van der Waals surface area contributed by atoms with Gasteiger partial charge in [0.25, 0.3) is 5.79 Å². The van der Waals surface area contributed by atoms with Crippen molar-refractivity contribution < 1.29 is 13.9 Å². The predicted molar refractivity (Wildman–Crippen MR) is 117 cm³/mol. The van der Waals surface area contributed by atoms with Crippen LogP contribution in [-0.4, -0.2) is 33.4 Å². The number of benzene rings is 2. The molecule has 2 heterocycles. The fourth-order valence-electron chi connectivity index (χ4n) is 3.79. The smallest absolute Gasteiger partial charge is 0.267 e. The number of fused-ring (bicyclic) bond motifs is 3. The minimum Gasteiger partial charge on any atom is -0.497 e. The Balaban J connectivity index is 2.02. The van der Waals surface area contributed by atoms with Gasteiger partial charge in [-0.15, -0.1) is 10.2 Å². The number of halogens is 2. The summed E-state index contributed by atoms with van der Waals surface area (Å²) in [6.45, 7) is 3.62. The van der Waals surface area contributed by atoms with Crippen LogP contribution in [0.15, 0.2) is 47.5 Å². The molecule has 1 aromatic heterocycles. The third-order valence-corrected chi connectivity index (χ3v) is 5.49. The fraction of sp³-hybridized carbons (Fsp3) is 0.304. The number of alkyl halides is 1. The van der Waals surface area contributed by atoms with Crippen molar-refractivity contribution in [3.8, 4) is 11.4 Å². The number of carbonyl (C=O) groups excluding carboxylic acids is 1. The topological polar surface area (TPSA) is 69.4 Å². The molecule has 0 fully saturated rings. The largest absolute Gasteiger partial charge is 0.497 e. The number of aliphatic imine (C=N–C) groups is 1. The summed E-state index contributed by atoms with van der Waals surface area (Å²) in [5, 5.41) is 8.73. The molecule has 0 saturated carbocycles. The number of ketones is 1. The molecule has 0 saturated heterocycles. The van der Waals surface area contributed by atoms with Gasteiger partial charge in [0.1, 0.15) is 17.4 Å². The Morgan fingerprint density at radius 1 is 1.19 bits per heavy atom. The van der Waals surface area contributed by atoms with Gasteiger partial charge < -0.3 is 4.74 Å². The lowest BCUT2D eigenvalue weighted by Crippen LogP contribution is -2.26. The van der Waals surface area contributed by atoms with Crippen LogP contribution < -0.4 is 4.74 Å². The van der Waals surface area contributed by atoms with E-state index in [1.54, 1.807) is 55.0 Å². The number of aryl methyl sites for hydroxylation is 1. The first kappa shape index (κ1) is 21.2. The second kappa shape index (κ2) is 8.23. The Bertz CT molecular complexity index is 1170. The van der Waals surface area contributed by atoms with E-state index in [1.807, 2.05) is 13.0 Å². The zero-order chi connectivity index (χ0) is 22.2. The van der Waals surface area contributed by atoms with Crippen LogP contribution in [0.4, 0.5) is 4.39 Å². The number of carbonyl (C=O) groups is 1. The van der Waals surface area contributed by atoms with Gasteiger partial charge in [0.15, 0.2) is 5.82 Å². The summed E-state index contributed by atoms with van der Waals surface area (Å²) >= 11 is 6.07. The summed E-state index contributed by atoms with van der Waals surface area (Å²) < 4.78 is 23.6. The maximum Gasteiger partial charge on any atom is 0.267 e. The first-order chi connectivity index (χ1) is 14.9. The van der Waals surface area contributed by atoms with Crippen molar-refractivity contribution in [1.29, 1.82) is 0 Å². The van der Waals surface area contributed by atoms with Gasteiger partial charge in [0.2, 0.25) is 0 Å². The SMILES string of the molecule is CCCC(=O)CC1(F)N=C(c2ccc(Cl)cc2)c2cc(OC)ccc2-n2c(C)nnc21. The van der Waals surface area contributed by atoms with Gasteiger partial charge in [-0.25, -0.2) is 9.38 Å². The van der Waals surface area contributed by atoms with Crippen molar-refractivity contribution >= 4 is 23.1 Å². The van der Waals surface area contributed by atoms with Gasteiger partial charge in [-0.1, -0.05) is 30.7 Å². The number of hydrogen-bond acceptors (Lipinski definition) is 5. The van der Waals surface area contributed by atoms with Crippen molar-refractivity contribution in [3.63, 3.8) is 0 Å². The lowest BCUT2D eigenvalue weighted by molar-refractivity contribution is -0.122. The quantitative estimate of drug-likeness (QED) is 0.507. The highest BCUT2D eigenvalue weighted by Gasteiger charge is 2.43. The average molecular weight is 441 g/mol. The summed E-state index contributed by atoms with van der Waals surface area (Å²) in [4.78, 5) is 17.0. The summed E-state index contributed by atoms with van der Waals surface area (Å²) in [7, 11) is 1.57. The molecule has 4 rings (SSSR count). The van der Waals surface area contributed by atoms with E-state index < -0.39 is 12.2 Å². The van der Waals surface area contributed by atoms with Crippen LogP contribution in [0.3, 0.4) is 0 Å². The standard InChI is InChI=1S/C23H22ClFN4O2/c1-4-5-17(30)13-23(25)22-28-27-14(2)29(22)20-11-10-18(31-3)12-19(20)21(26-23)15-6-8-16(24)9-7-15/h6-12H,4-5,13H2,1-3H3. The molecule has 6 nitrogen and oxygen atoms in total. The second-order valence-corrected chi connectivity index (χ2v) is 7.92. The van der Waals surface area contributed by atoms with E-state index in [9.17, 15) is 4.79 Å². The predicted octanol–water partition coefficient (Wildman–Crippen LogP) is 4.97. The minimum atomic E-state index is -2.37. The van der Waals surface area contributed by atoms with E-state index in [0.29, 0.717) is 45.5 Å². The van der Waals surface area contributed by atoms with E-state index in [1.165, 1.54) is 0 Å². The van der Waals surface area contributed by atoms with Crippen LogP contribution in [0, 0.1) is 6.92 Å². The first-order valence-electron chi connectivity index (χ1n) is 10.0. The average Bonchev–Trinajstić information content (AvgIpc) is 3.10. The molecule has 0 radical (unpaired) electrons. The zero-order valence-corrected chi connectivity index (χ0v) is 18.3. The molecule has 1 aliphatic heterocycles. The molecule has 2 aromatic carbocycles. The molecule has 1 unspecified atom stereocenters. The number of Topliss-reactive ketones (excluding diaryl/α,β-unsaturated/α-hetero) is 1. The normalized spacial score (nSPS) is 17.4. The number of hydrogen-bond donors (Lipinski definition) is 0. The van der Waals surface area contributed by atoms with E-state index >= 15 is 4.39 Å². The summed E-state index contributed by atoms with van der Waals surface area (Å²) in [6, 6.07) is 12.4. The number of ether oxygens (including phenoxy) is 1. The third-order valence-electron chi connectivity index (χ3n) is 5.23. The number of rotatable bonds is 6. The molecule has 160 valence electrons. The van der Waals surface area contributed by atoms with Gasteiger partial charge >= 0.3 is 0 Å². The molecule has 1 aliphatic rings. The van der Waals surface area contributed by atoms with Crippen LogP contribution in [0.25, 0.3) is 5.69 Å². The zero-order valence-electron chi connectivity index (χ0n) is 17.5. The molecule has 0 amide bonds. The van der Waals surface area contributed by atoms with E-state index in [0.717, 1.165) is 0 Å². The lowest BCUT2D eigenvalue weighted by atomic mass is 9.99. The molecular weight excluding hydrogens is 419 g/mol. The highest BCUT2D eigenvalue weighted by Crippen LogP contribution is 2.39. The Morgan fingerprint density at radius 3 is 2.61 bits per heavy atom. The molecule has 0 aliphatic carbocycles. The molecule has 0 spiro atoms. The van der Waals surface area contributed by atoms with Crippen LogP contribution >= 0.6 is 11.6 Å². The van der Waals surface area contributed by atoms with Gasteiger partial charge in [0, 0.05) is 22.6 Å². The van der Waals surface area contributed by atoms with Gasteiger partial charge in [-0.2, -0.15) is 0 Å². The molecule has 0 N–H and O–H groups in total. The molecule has 0 bridgehead atoms. The Hall–Kier alpha value is -3.06. The van der Waals surface area contributed by atoms with Crippen molar-refractivity contribution in [2.75, 3.05) is 7.11 Å². The minimum absolute atomic E-state index is 0.00941. The monoisotopic (exact) mass is 440 g/mol. The number of aromatic nitrogens is 3. The second-order valence-electron chi connectivity index (χ2n) is 7.48. The van der Waals surface area contributed by atoms with Crippen LogP contribution in [0.1, 0.15) is 49.0 Å². The van der Waals surface area contributed by atoms with Crippen LogP contribution in [-0.2, 0) is 10.6 Å². The van der Waals surface area contributed by atoms with Crippen LogP contribution in [0.5, 0.6) is 5.75 Å². The van der Waals surface area contributed by atoms with Gasteiger partial charge in [0.05, 0.1) is 24.9 Å². The van der Waals surface area contributed by atoms with Crippen molar-refractivity contribution in [2.24, 2.45) is 4.99 Å². The maximum absolute atomic E-state index is 16.6. The molecule has 1 atom stereocenters. The first-order valence-corrected chi connectivity index (χ1v) is 10.4. The van der Waals surface area contributed by atoms with Crippen molar-refractivity contribution in [1.82, 2.24) is 14.8 Å². The van der Waals surface area contributed by atoms with Gasteiger partial charge in [-0.05, 0) is 43.7 Å². The highest BCUT2D eigenvalue weighted by atomic mass is 35.5. The number of nitrogens with zero attached hydrogens (tertiary/aromatic N) is 4. The Morgan fingerprint density at radius 2 is 1.94 bits per heavy atom. The van der Waals surface area contributed by atoms with Gasteiger partial charge in [-0.3, -0.25) is 9.36 Å². The summed E-state index contributed by atoms with van der Waals surface area (Å²) in [5.74, 6) is -1.50. The summed E-state index contributed by atoms with van der Waals surface area (Å²) in [6.07, 6.45) is 0.484. The molecule has 31 heavy (non-hydrogen) atoms. The fourth-order valence-corrected chi connectivity index (χ4v) is 3.91. The third kappa shape index (κ3) is 3.85. The Kier molecular flexibility index (Phi) is 5.62. The molecule has 3 aromatic rings. The van der Waals surface area contributed by atoms with Crippen molar-refractivity contribution in [3.05, 3.63) is 70.3 Å². The lowest BCUT2D eigenvalue weighted by Gasteiger charge is -2.19. The van der Waals surface area contributed by atoms with E-state index in [2.05, 4.69) is 15.2 Å². The Labute approximate surface area is 184 Å². The molecular formula is C23H22ClFN4O2. The summed E-state index contributed by atoms with van der Waals surface area (Å²) in [5.41, 5.74) is 2.37. The van der Waals surface area contributed by atoms with E-state index in [4.69, 9.17) is 16.3 Å². The maximum atomic E-state index is 16.6. The number of methoxy groups -OCH3 is 1. The van der Waals surface area contributed by atoms with E-state index in [-0.39, 0.29) is 18.0 Å².